The average molecular weight is 896 g/mol. The summed E-state index contributed by atoms with van der Waals surface area (Å²) in [5.41, 5.74) is 0. The standard InChI is InChI=1S/C52H98NO8P/c1-6-8-10-12-14-16-18-20-22-23-24-25-26-27-28-29-31-32-34-36-38-40-42-44-51(54)58-48-50(49-60-62(56,57)59-47-46-53(3,4)5)61-52(55)45-43-41-39-37-35-33-30-21-19-17-15-13-11-9-7-2/h17,19,29,31,36,38,50H,6-16,18,20-28,30,32-35,37,39-49H2,1-5H3/b19-17+,31-29+,38-36+/t50-/m0/s1. The van der Waals surface area contributed by atoms with Crippen LogP contribution in [0.5, 0.6) is 0 Å². The monoisotopic (exact) mass is 896 g/mol. The zero-order valence-corrected chi connectivity index (χ0v) is 42.0. The fraction of sp³-hybridized carbons (Fsp3) is 0.846. The van der Waals surface area contributed by atoms with Crippen molar-refractivity contribution in [1.82, 2.24) is 0 Å². The molecule has 0 aromatic heterocycles. The van der Waals surface area contributed by atoms with Gasteiger partial charge in [-0.3, -0.25) is 14.2 Å². The third-order valence-electron chi connectivity index (χ3n) is 11.1. The summed E-state index contributed by atoms with van der Waals surface area (Å²) in [4.78, 5) is 37.6. The highest BCUT2D eigenvalue weighted by Gasteiger charge is 2.21. The topological polar surface area (TPSA) is 111 Å². The van der Waals surface area contributed by atoms with Crippen LogP contribution in [0, 0.1) is 0 Å². The molecule has 0 aliphatic heterocycles. The van der Waals surface area contributed by atoms with Gasteiger partial charge in [-0.25, -0.2) is 0 Å². The summed E-state index contributed by atoms with van der Waals surface area (Å²) < 4.78 is 34.0. The second kappa shape index (κ2) is 44.4. The quantitative estimate of drug-likeness (QED) is 0.0195. The van der Waals surface area contributed by atoms with E-state index in [1.54, 1.807) is 0 Å². The lowest BCUT2D eigenvalue weighted by molar-refractivity contribution is -0.870. The summed E-state index contributed by atoms with van der Waals surface area (Å²) in [6.45, 7) is 4.19. The van der Waals surface area contributed by atoms with E-state index < -0.39 is 32.5 Å². The number of phosphoric ester groups is 1. The smallest absolute Gasteiger partial charge is 0.306 e. The van der Waals surface area contributed by atoms with E-state index in [2.05, 4.69) is 50.3 Å². The number of carbonyl (C=O) groups is 2. The molecular formula is C52H98NO8P. The fourth-order valence-electron chi connectivity index (χ4n) is 7.08. The molecule has 1 unspecified atom stereocenters. The highest BCUT2D eigenvalue weighted by Crippen LogP contribution is 2.38. The number of hydrogen-bond donors (Lipinski definition) is 0. The minimum Gasteiger partial charge on any atom is -0.756 e. The molecule has 62 heavy (non-hydrogen) atoms. The number of carbonyl (C=O) groups excluding carboxylic acids is 2. The van der Waals surface area contributed by atoms with E-state index in [9.17, 15) is 19.0 Å². The predicted octanol–water partition coefficient (Wildman–Crippen LogP) is 14.6. The third-order valence-corrected chi connectivity index (χ3v) is 12.1. The van der Waals surface area contributed by atoms with Crippen molar-refractivity contribution in [2.24, 2.45) is 0 Å². The van der Waals surface area contributed by atoms with E-state index in [-0.39, 0.29) is 26.1 Å². The summed E-state index contributed by atoms with van der Waals surface area (Å²) in [5, 5.41) is 0. The first kappa shape index (κ1) is 60.2. The first-order valence-corrected chi connectivity index (χ1v) is 27.2. The molecule has 0 amide bonds. The number of allylic oxidation sites excluding steroid dienone is 6. The molecular weight excluding hydrogens is 798 g/mol. The molecule has 0 rings (SSSR count). The maximum absolute atomic E-state index is 12.7. The van der Waals surface area contributed by atoms with Crippen LogP contribution >= 0.6 is 7.82 Å². The molecule has 0 saturated heterocycles. The number of hydrogen-bond acceptors (Lipinski definition) is 8. The Morgan fingerprint density at radius 2 is 0.855 bits per heavy atom. The molecule has 0 fully saturated rings. The number of phosphoric acid groups is 1. The molecule has 364 valence electrons. The number of rotatable bonds is 47. The summed E-state index contributed by atoms with van der Waals surface area (Å²) in [7, 11) is 1.15. The SMILES string of the molecule is CCCCCC/C=C/CCCCCCCCCC(=O)O[C@@H](COC(=O)CCC/C=C/CC/C=C/CCCCCCCCCCCCCCCC)COP(=O)([O-])OCC[N+](C)(C)C. The maximum atomic E-state index is 12.7. The molecule has 0 radical (unpaired) electrons. The number of ether oxygens (including phenoxy) is 2. The van der Waals surface area contributed by atoms with E-state index in [4.69, 9.17) is 18.5 Å². The normalized spacial score (nSPS) is 13.7. The van der Waals surface area contributed by atoms with Gasteiger partial charge in [0.1, 0.15) is 19.8 Å². The van der Waals surface area contributed by atoms with Gasteiger partial charge in [0.25, 0.3) is 7.82 Å². The summed E-state index contributed by atoms with van der Waals surface area (Å²) in [6, 6.07) is 0. The van der Waals surface area contributed by atoms with Crippen LogP contribution in [0.15, 0.2) is 36.5 Å². The fourth-order valence-corrected chi connectivity index (χ4v) is 7.81. The van der Waals surface area contributed by atoms with Crippen LogP contribution in [0.3, 0.4) is 0 Å². The average Bonchev–Trinajstić information content (AvgIpc) is 3.23. The molecule has 10 heteroatoms. The summed E-state index contributed by atoms with van der Waals surface area (Å²) in [5.74, 6) is -0.883. The van der Waals surface area contributed by atoms with Gasteiger partial charge in [0.2, 0.25) is 0 Å². The molecule has 0 bridgehead atoms. The molecule has 0 heterocycles. The van der Waals surface area contributed by atoms with Crippen LogP contribution in [-0.4, -0.2) is 70.0 Å². The largest absolute Gasteiger partial charge is 0.756 e. The number of quaternary nitrogens is 1. The van der Waals surface area contributed by atoms with Gasteiger partial charge < -0.3 is 27.9 Å². The van der Waals surface area contributed by atoms with Crippen LogP contribution in [-0.2, 0) is 32.7 Å². The van der Waals surface area contributed by atoms with Crippen molar-refractivity contribution in [1.29, 1.82) is 0 Å². The molecule has 0 aliphatic rings. The Labute approximate surface area is 382 Å². The number of unbranched alkanes of at least 4 members (excludes halogenated alkanes) is 27. The number of nitrogens with zero attached hydrogens (tertiary/aromatic N) is 1. The Balaban J connectivity index is 4.27. The van der Waals surface area contributed by atoms with Crippen molar-refractivity contribution >= 4 is 19.8 Å². The van der Waals surface area contributed by atoms with E-state index in [0.29, 0.717) is 23.9 Å². The van der Waals surface area contributed by atoms with Crippen molar-refractivity contribution in [3.63, 3.8) is 0 Å². The molecule has 2 atom stereocenters. The van der Waals surface area contributed by atoms with Gasteiger partial charge in [-0.05, 0) is 70.6 Å². The van der Waals surface area contributed by atoms with Gasteiger partial charge in [-0.15, -0.1) is 0 Å². The van der Waals surface area contributed by atoms with E-state index in [0.717, 1.165) is 51.4 Å². The van der Waals surface area contributed by atoms with Crippen molar-refractivity contribution in [2.45, 2.75) is 238 Å². The molecule has 0 aliphatic carbocycles. The van der Waals surface area contributed by atoms with Gasteiger partial charge in [0.05, 0.1) is 27.7 Å². The highest BCUT2D eigenvalue weighted by atomic mass is 31.2. The van der Waals surface area contributed by atoms with Crippen LogP contribution < -0.4 is 4.89 Å². The zero-order valence-electron chi connectivity index (χ0n) is 41.1. The van der Waals surface area contributed by atoms with Crippen molar-refractivity contribution in [3.8, 4) is 0 Å². The Morgan fingerprint density at radius 1 is 0.484 bits per heavy atom. The van der Waals surface area contributed by atoms with Gasteiger partial charge >= 0.3 is 11.9 Å². The molecule has 0 saturated carbocycles. The minimum absolute atomic E-state index is 0.0370. The lowest BCUT2D eigenvalue weighted by Gasteiger charge is -2.28. The molecule has 0 aromatic carbocycles. The lowest BCUT2D eigenvalue weighted by Crippen LogP contribution is -2.37. The highest BCUT2D eigenvalue weighted by molar-refractivity contribution is 7.45. The van der Waals surface area contributed by atoms with E-state index >= 15 is 0 Å². The Hall–Kier alpha value is -1.77. The van der Waals surface area contributed by atoms with Gasteiger partial charge in [0, 0.05) is 12.8 Å². The van der Waals surface area contributed by atoms with Crippen molar-refractivity contribution in [3.05, 3.63) is 36.5 Å². The molecule has 9 nitrogen and oxygen atoms in total. The van der Waals surface area contributed by atoms with Crippen LogP contribution in [0.4, 0.5) is 0 Å². The zero-order chi connectivity index (χ0) is 45.7. The first-order valence-electron chi connectivity index (χ1n) is 25.7. The predicted molar refractivity (Wildman–Crippen MR) is 259 cm³/mol. The third kappa shape index (κ3) is 47.7. The first-order chi connectivity index (χ1) is 30.0. The van der Waals surface area contributed by atoms with Crippen LogP contribution in [0.2, 0.25) is 0 Å². The van der Waals surface area contributed by atoms with Gasteiger partial charge in [-0.1, -0.05) is 185 Å². The Morgan fingerprint density at radius 3 is 1.31 bits per heavy atom. The Bertz CT molecular complexity index is 1150. The van der Waals surface area contributed by atoms with Crippen LogP contribution in [0.1, 0.15) is 232 Å². The summed E-state index contributed by atoms with van der Waals surface area (Å²) in [6.07, 6.45) is 51.9. The van der Waals surface area contributed by atoms with E-state index in [1.165, 1.54) is 141 Å². The molecule has 0 aromatic rings. The van der Waals surface area contributed by atoms with Crippen molar-refractivity contribution in [2.75, 3.05) is 47.5 Å². The molecule has 0 spiro atoms. The second-order valence-electron chi connectivity index (χ2n) is 18.5. The van der Waals surface area contributed by atoms with E-state index in [1.807, 2.05) is 21.1 Å². The van der Waals surface area contributed by atoms with Gasteiger partial charge in [0.15, 0.2) is 6.10 Å². The number of likely N-dealkylation sites (N-methyl/N-ethyl adjacent to an activating group) is 1. The number of esters is 2. The maximum Gasteiger partial charge on any atom is 0.306 e. The van der Waals surface area contributed by atoms with Gasteiger partial charge in [-0.2, -0.15) is 0 Å². The van der Waals surface area contributed by atoms with Crippen LogP contribution in [0.25, 0.3) is 0 Å². The second-order valence-corrected chi connectivity index (χ2v) is 19.9. The Kier molecular flexibility index (Phi) is 43.2. The van der Waals surface area contributed by atoms with Crippen molar-refractivity contribution < 1.29 is 42.1 Å². The molecule has 0 N–H and O–H groups in total. The lowest BCUT2D eigenvalue weighted by atomic mass is 10.0. The summed E-state index contributed by atoms with van der Waals surface area (Å²) >= 11 is 0. The minimum atomic E-state index is -4.64.